The maximum Gasteiger partial charge on any atom is 0.220 e. The number of nitrogens with one attached hydrogen (secondary N) is 1. The predicted octanol–water partition coefficient (Wildman–Crippen LogP) is 1.40. The largest absolute Gasteiger partial charge is 0.379 e. The first kappa shape index (κ1) is 19.9. The molecular formula is C18H28N2O4S. The Balaban J connectivity index is 1.65. The Morgan fingerprint density at radius 3 is 2.60 bits per heavy atom. The monoisotopic (exact) mass is 368 g/mol. The molecule has 1 heterocycles. The Morgan fingerprint density at radius 2 is 1.92 bits per heavy atom. The van der Waals surface area contributed by atoms with Gasteiger partial charge >= 0.3 is 0 Å². The van der Waals surface area contributed by atoms with Crippen LogP contribution in [-0.4, -0.2) is 57.2 Å². The molecule has 0 unspecified atom stereocenters. The Morgan fingerprint density at radius 1 is 1.20 bits per heavy atom. The van der Waals surface area contributed by atoms with Crippen LogP contribution in [0.5, 0.6) is 0 Å². The number of carbonyl (C=O) groups is 1. The van der Waals surface area contributed by atoms with Crippen LogP contribution in [0.1, 0.15) is 29.5 Å². The smallest absolute Gasteiger partial charge is 0.220 e. The number of hydrogen-bond donors (Lipinski definition) is 1. The van der Waals surface area contributed by atoms with Crippen molar-refractivity contribution in [2.45, 2.75) is 33.1 Å². The quantitative estimate of drug-likeness (QED) is 0.753. The average molecular weight is 368 g/mol. The fourth-order valence-corrected chi connectivity index (χ4v) is 4.10. The van der Waals surface area contributed by atoms with E-state index in [1.54, 1.807) is 0 Å². The van der Waals surface area contributed by atoms with E-state index in [2.05, 4.69) is 37.4 Å². The summed E-state index contributed by atoms with van der Waals surface area (Å²) in [7, 11) is -3.31. The number of benzene rings is 1. The number of rotatable bonds is 8. The van der Waals surface area contributed by atoms with Crippen molar-refractivity contribution in [2.75, 3.05) is 38.6 Å². The highest BCUT2D eigenvalue weighted by Crippen LogP contribution is 2.12. The third kappa shape index (κ3) is 6.41. The number of sulfonamides is 1. The van der Waals surface area contributed by atoms with Gasteiger partial charge < -0.3 is 10.1 Å². The fourth-order valence-electron chi connectivity index (χ4n) is 2.77. The zero-order valence-electron chi connectivity index (χ0n) is 15.1. The SMILES string of the molecule is Cc1ccc(CCCC(=O)NCCS(=O)(=O)N2CCOCC2)cc1C. The van der Waals surface area contributed by atoms with Crippen molar-refractivity contribution < 1.29 is 17.9 Å². The average Bonchev–Trinajstić information content (AvgIpc) is 2.59. The van der Waals surface area contributed by atoms with E-state index in [0.717, 1.165) is 12.8 Å². The molecule has 0 saturated carbocycles. The molecule has 0 atom stereocenters. The molecule has 1 aromatic carbocycles. The van der Waals surface area contributed by atoms with E-state index >= 15 is 0 Å². The molecule has 0 aliphatic carbocycles. The molecule has 1 aliphatic rings. The first-order valence-electron chi connectivity index (χ1n) is 8.77. The predicted molar refractivity (Wildman–Crippen MR) is 98.0 cm³/mol. The molecule has 1 N–H and O–H groups in total. The lowest BCUT2D eigenvalue weighted by molar-refractivity contribution is -0.121. The van der Waals surface area contributed by atoms with Crippen LogP contribution in [0.4, 0.5) is 0 Å². The summed E-state index contributed by atoms with van der Waals surface area (Å²) in [6, 6.07) is 6.35. The second kappa shape index (κ2) is 9.31. The van der Waals surface area contributed by atoms with E-state index in [-0.39, 0.29) is 18.2 Å². The van der Waals surface area contributed by atoms with Crippen molar-refractivity contribution in [3.05, 3.63) is 34.9 Å². The Labute approximate surface area is 150 Å². The zero-order chi connectivity index (χ0) is 18.3. The summed E-state index contributed by atoms with van der Waals surface area (Å²) in [5.41, 5.74) is 3.75. The van der Waals surface area contributed by atoms with Gasteiger partial charge in [-0.1, -0.05) is 18.2 Å². The molecule has 1 aromatic rings. The van der Waals surface area contributed by atoms with Gasteiger partial charge in [-0.3, -0.25) is 4.79 Å². The summed E-state index contributed by atoms with van der Waals surface area (Å²) >= 11 is 0. The topological polar surface area (TPSA) is 75.7 Å². The number of nitrogens with zero attached hydrogens (tertiary/aromatic N) is 1. The number of ether oxygens (including phenoxy) is 1. The summed E-state index contributed by atoms with van der Waals surface area (Å²) in [6.45, 7) is 5.98. The number of morpholine rings is 1. The highest BCUT2D eigenvalue weighted by Gasteiger charge is 2.23. The minimum atomic E-state index is -3.31. The molecule has 1 amide bonds. The molecule has 7 heteroatoms. The van der Waals surface area contributed by atoms with Crippen LogP contribution in [0, 0.1) is 13.8 Å². The van der Waals surface area contributed by atoms with Gasteiger partial charge in [0.25, 0.3) is 0 Å². The number of carbonyl (C=O) groups excluding carboxylic acids is 1. The van der Waals surface area contributed by atoms with Crippen molar-refractivity contribution >= 4 is 15.9 Å². The normalized spacial score (nSPS) is 15.9. The van der Waals surface area contributed by atoms with Crippen molar-refractivity contribution in [1.29, 1.82) is 0 Å². The van der Waals surface area contributed by atoms with E-state index in [1.165, 1.54) is 21.0 Å². The second-order valence-corrected chi connectivity index (χ2v) is 8.54. The van der Waals surface area contributed by atoms with Crippen LogP contribution in [0.2, 0.25) is 0 Å². The van der Waals surface area contributed by atoms with Crippen molar-refractivity contribution in [1.82, 2.24) is 9.62 Å². The molecule has 0 aromatic heterocycles. The summed E-state index contributed by atoms with van der Waals surface area (Å²) in [5.74, 6) is -0.156. The molecule has 0 spiro atoms. The molecule has 1 saturated heterocycles. The molecule has 25 heavy (non-hydrogen) atoms. The van der Waals surface area contributed by atoms with Gasteiger partial charge in [0.1, 0.15) is 0 Å². The Bertz CT molecular complexity index is 682. The zero-order valence-corrected chi connectivity index (χ0v) is 15.9. The number of amides is 1. The summed E-state index contributed by atoms with van der Waals surface area (Å²) in [4.78, 5) is 11.9. The van der Waals surface area contributed by atoms with E-state index in [1.807, 2.05) is 0 Å². The van der Waals surface area contributed by atoms with Crippen LogP contribution < -0.4 is 5.32 Å². The van der Waals surface area contributed by atoms with Gasteiger partial charge in [0, 0.05) is 26.1 Å². The van der Waals surface area contributed by atoms with Gasteiger partial charge in [-0.05, 0) is 43.4 Å². The van der Waals surface area contributed by atoms with E-state index < -0.39 is 10.0 Å². The second-order valence-electron chi connectivity index (χ2n) is 6.45. The minimum Gasteiger partial charge on any atom is -0.379 e. The number of hydrogen-bond acceptors (Lipinski definition) is 4. The first-order chi connectivity index (χ1) is 11.9. The first-order valence-corrected chi connectivity index (χ1v) is 10.4. The van der Waals surface area contributed by atoms with Gasteiger partial charge in [-0.2, -0.15) is 4.31 Å². The van der Waals surface area contributed by atoms with Gasteiger partial charge in [0.15, 0.2) is 0 Å². The molecule has 0 bridgehead atoms. The van der Waals surface area contributed by atoms with Gasteiger partial charge in [0.05, 0.1) is 19.0 Å². The van der Waals surface area contributed by atoms with E-state index in [4.69, 9.17) is 4.74 Å². The van der Waals surface area contributed by atoms with Crippen molar-refractivity contribution in [3.8, 4) is 0 Å². The van der Waals surface area contributed by atoms with Gasteiger partial charge in [-0.15, -0.1) is 0 Å². The lowest BCUT2D eigenvalue weighted by atomic mass is 10.0. The fraction of sp³-hybridized carbons (Fsp3) is 0.611. The Hall–Kier alpha value is -1.44. The molecule has 1 fully saturated rings. The van der Waals surface area contributed by atoms with Crippen LogP contribution in [-0.2, 0) is 26.0 Å². The summed E-state index contributed by atoms with van der Waals surface area (Å²) in [6.07, 6.45) is 2.01. The third-order valence-electron chi connectivity index (χ3n) is 4.49. The van der Waals surface area contributed by atoms with Gasteiger partial charge in [0.2, 0.25) is 15.9 Å². The van der Waals surface area contributed by atoms with Crippen LogP contribution >= 0.6 is 0 Å². The summed E-state index contributed by atoms with van der Waals surface area (Å²) in [5, 5.41) is 2.71. The standard InChI is InChI=1S/C18H28N2O4S/c1-15-6-7-17(14-16(15)2)4-3-5-18(21)19-8-13-25(22,23)20-9-11-24-12-10-20/h6-7,14H,3-5,8-13H2,1-2H3,(H,19,21). The van der Waals surface area contributed by atoms with Crippen LogP contribution in [0.3, 0.4) is 0 Å². The molecule has 6 nitrogen and oxygen atoms in total. The Kier molecular flexibility index (Phi) is 7.40. The maximum atomic E-state index is 12.1. The summed E-state index contributed by atoms with van der Waals surface area (Å²) < 4.78 is 30.9. The third-order valence-corrected chi connectivity index (χ3v) is 6.36. The van der Waals surface area contributed by atoms with Crippen LogP contribution in [0.15, 0.2) is 18.2 Å². The van der Waals surface area contributed by atoms with E-state index in [0.29, 0.717) is 32.7 Å². The number of aryl methyl sites for hydroxylation is 3. The van der Waals surface area contributed by atoms with Gasteiger partial charge in [-0.25, -0.2) is 8.42 Å². The molecule has 2 rings (SSSR count). The van der Waals surface area contributed by atoms with E-state index in [9.17, 15) is 13.2 Å². The highest BCUT2D eigenvalue weighted by atomic mass is 32.2. The van der Waals surface area contributed by atoms with Crippen LogP contribution in [0.25, 0.3) is 0 Å². The lowest BCUT2D eigenvalue weighted by Gasteiger charge is -2.26. The molecule has 0 radical (unpaired) electrons. The maximum absolute atomic E-state index is 12.1. The lowest BCUT2D eigenvalue weighted by Crippen LogP contribution is -2.43. The van der Waals surface area contributed by atoms with Crippen molar-refractivity contribution in [2.24, 2.45) is 0 Å². The van der Waals surface area contributed by atoms with Crippen molar-refractivity contribution in [3.63, 3.8) is 0 Å². The molecule has 140 valence electrons. The molecule has 1 aliphatic heterocycles. The minimum absolute atomic E-state index is 0.0596. The molecular weight excluding hydrogens is 340 g/mol. The highest BCUT2D eigenvalue weighted by molar-refractivity contribution is 7.89.